The average Bonchev–Trinajstić information content (AvgIpc) is 2.53. The molecule has 0 aromatic heterocycles. The molecule has 2 fully saturated rings. The normalized spacial score (nSPS) is 47.5. The SMILES string of the molecule is CC1C(NC2C(F)CCC(N)C2Cl)CCC2N=CN(C)C(=O)C21. The molecule has 23 heavy (non-hydrogen) atoms. The van der Waals surface area contributed by atoms with E-state index < -0.39 is 17.6 Å². The molecule has 3 rings (SSSR count). The van der Waals surface area contributed by atoms with Crippen LogP contribution in [0.2, 0.25) is 0 Å². The molecule has 0 saturated heterocycles. The van der Waals surface area contributed by atoms with E-state index in [-0.39, 0.29) is 35.9 Å². The highest BCUT2D eigenvalue weighted by molar-refractivity contribution is 6.21. The van der Waals surface area contributed by atoms with E-state index in [4.69, 9.17) is 17.3 Å². The number of halogens is 2. The van der Waals surface area contributed by atoms with E-state index in [1.54, 1.807) is 18.3 Å². The number of hydrogen-bond acceptors (Lipinski definition) is 4. The lowest BCUT2D eigenvalue weighted by atomic mass is 9.72. The minimum Gasteiger partial charge on any atom is -0.326 e. The number of rotatable bonds is 2. The van der Waals surface area contributed by atoms with Crippen molar-refractivity contribution in [2.75, 3.05) is 7.05 Å². The van der Waals surface area contributed by atoms with Gasteiger partial charge in [0, 0.05) is 19.1 Å². The van der Waals surface area contributed by atoms with Gasteiger partial charge in [-0.25, -0.2) is 4.39 Å². The van der Waals surface area contributed by atoms with E-state index in [0.717, 1.165) is 12.8 Å². The topological polar surface area (TPSA) is 70.7 Å². The molecule has 5 nitrogen and oxygen atoms in total. The van der Waals surface area contributed by atoms with Gasteiger partial charge in [0.2, 0.25) is 5.91 Å². The third-order valence-electron chi connectivity index (χ3n) is 5.78. The first-order valence-corrected chi connectivity index (χ1v) is 8.93. The van der Waals surface area contributed by atoms with Crippen molar-refractivity contribution in [3.63, 3.8) is 0 Å². The molecule has 0 bridgehead atoms. The number of hydrogen-bond donors (Lipinski definition) is 2. The zero-order valence-corrected chi connectivity index (χ0v) is 14.4. The second kappa shape index (κ2) is 6.65. The molecule has 130 valence electrons. The summed E-state index contributed by atoms with van der Waals surface area (Å²) >= 11 is 6.36. The average molecular weight is 345 g/mol. The Morgan fingerprint density at radius 1 is 1.39 bits per heavy atom. The fraction of sp³-hybridized carbons (Fsp3) is 0.875. The van der Waals surface area contributed by atoms with E-state index in [0.29, 0.717) is 12.8 Å². The van der Waals surface area contributed by atoms with Gasteiger partial charge in [0.1, 0.15) is 6.17 Å². The van der Waals surface area contributed by atoms with Crippen molar-refractivity contribution in [3.05, 3.63) is 0 Å². The van der Waals surface area contributed by atoms with E-state index >= 15 is 0 Å². The smallest absolute Gasteiger partial charge is 0.233 e. The van der Waals surface area contributed by atoms with Gasteiger partial charge in [-0.2, -0.15) is 0 Å². The highest BCUT2D eigenvalue weighted by Crippen LogP contribution is 2.36. The molecule has 1 amide bonds. The van der Waals surface area contributed by atoms with Gasteiger partial charge in [0.25, 0.3) is 0 Å². The molecular formula is C16H26ClFN4O. The second-order valence-electron chi connectivity index (χ2n) is 7.24. The number of alkyl halides is 2. The standard InChI is InChI=1S/C16H26ClFN4O/c1-8-11(21-15-9(18)3-4-10(19)14(15)17)5-6-12-13(8)16(23)22(2)7-20-12/h7-15,21H,3-6,19H2,1-2H3. The van der Waals surface area contributed by atoms with Gasteiger partial charge in [0.15, 0.2) is 0 Å². The monoisotopic (exact) mass is 344 g/mol. The maximum absolute atomic E-state index is 14.3. The Morgan fingerprint density at radius 2 is 2.13 bits per heavy atom. The van der Waals surface area contributed by atoms with E-state index in [9.17, 15) is 9.18 Å². The Hall–Kier alpha value is -0.720. The van der Waals surface area contributed by atoms with Gasteiger partial charge in [-0.15, -0.1) is 11.6 Å². The summed E-state index contributed by atoms with van der Waals surface area (Å²) in [6, 6.07) is -0.505. The van der Waals surface area contributed by atoms with Gasteiger partial charge in [-0.05, 0) is 31.6 Å². The Balaban J connectivity index is 1.72. The van der Waals surface area contributed by atoms with Gasteiger partial charge in [-0.1, -0.05) is 6.92 Å². The Labute approximate surface area is 141 Å². The molecule has 8 atom stereocenters. The van der Waals surface area contributed by atoms with Crippen LogP contribution in [0, 0.1) is 11.8 Å². The third-order valence-corrected chi connectivity index (χ3v) is 6.37. The number of nitrogens with one attached hydrogen (secondary N) is 1. The number of aliphatic imine (C=N–C) groups is 1. The number of fused-ring (bicyclic) bond motifs is 1. The number of amides is 1. The van der Waals surface area contributed by atoms with Crippen molar-refractivity contribution in [3.8, 4) is 0 Å². The summed E-state index contributed by atoms with van der Waals surface area (Å²) in [6.45, 7) is 2.06. The molecule has 3 aliphatic rings. The highest BCUT2D eigenvalue weighted by atomic mass is 35.5. The van der Waals surface area contributed by atoms with Crippen molar-refractivity contribution < 1.29 is 9.18 Å². The van der Waals surface area contributed by atoms with Crippen LogP contribution in [0.15, 0.2) is 4.99 Å². The summed E-state index contributed by atoms with van der Waals surface area (Å²) in [5.74, 6) is 0.0549. The molecule has 0 aromatic carbocycles. The molecule has 1 heterocycles. The maximum atomic E-state index is 14.3. The first kappa shape index (κ1) is 17.1. The van der Waals surface area contributed by atoms with Gasteiger partial charge < -0.3 is 16.0 Å². The van der Waals surface area contributed by atoms with E-state index in [1.807, 2.05) is 0 Å². The molecule has 0 aromatic rings. The molecule has 2 saturated carbocycles. The van der Waals surface area contributed by atoms with Crippen LogP contribution in [0.3, 0.4) is 0 Å². The predicted molar refractivity (Wildman–Crippen MR) is 89.4 cm³/mol. The Bertz CT molecular complexity index is 491. The minimum atomic E-state index is -0.982. The number of carbonyl (C=O) groups excluding carboxylic acids is 1. The quantitative estimate of drug-likeness (QED) is 0.742. The zero-order chi connectivity index (χ0) is 16.7. The molecule has 2 aliphatic carbocycles. The fourth-order valence-corrected chi connectivity index (χ4v) is 4.62. The molecule has 8 unspecified atom stereocenters. The minimum absolute atomic E-state index is 0.0494. The van der Waals surface area contributed by atoms with Crippen LogP contribution in [-0.4, -0.2) is 59.9 Å². The number of nitrogens with zero attached hydrogens (tertiary/aromatic N) is 2. The predicted octanol–water partition coefficient (Wildman–Crippen LogP) is 1.29. The largest absolute Gasteiger partial charge is 0.326 e. The molecule has 7 heteroatoms. The van der Waals surface area contributed by atoms with Crippen LogP contribution in [0.1, 0.15) is 32.6 Å². The highest BCUT2D eigenvalue weighted by Gasteiger charge is 2.46. The first-order valence-electron chi connectivity index (χ1n) is 8.50. The van der Waals surface area contributed by atoms with Gasteiger partial charge in [-0.3, -0.25) is 9.79 Å². The van der Waals surface area contributed by atoms with Crippen LogP contribution in [0.4, 0.5) is 4.39 Å². The zero-order valence-electron chi connectivity index (χ0n) is 13.7. The number of carbonyl (C=O) groups is 1. The Morgan fingerprint density at radius 3 is 2.87 bits per heavy atom. The summed E-state index contributed by atoms with van der Waals surface area (Å²) in [6.07, 6.45) is 3.42. The summed E-state index contributed by atoms with van der Waals surface area (Å²) in [7, 11) is 1.73. The summed E-state index contributed by atoms with van der Waals surface area (Å²) in [4.78, 5) is 18.5. The van der Waals surface area contributed by atoms with Crippen LogP contribution < -0.4 is 11.1 Å². The van der Waals surface area contributed by atoms with Crippen LogP contribution in [0.5, 0.6) is 0 Å². The lowest BCUT2D eigenvalue weighted by Gasteiger charge is -2.45. The van der Waals surface area contributed by atoms with Crippen molar-refractivity contribution in [1.82, 2.24) is 10.2 Å². The van der Waals surface area contributed by atoms with Crippen molar-refractivity contribution in [2.45, 2.75) is 68.3 Å². The van der Waals surface area contributed by atoms with Crippen molar-refractivity contribution in [1.29, 1.82) is 0 Å². The third kappa shape index (κ3) is 3.13. The summed E-state index contributed by atoms with van der Waals surface area (Å²) < 4.78 is 14.3. The van der Waals surface area contributed by atoms with Gasteiger partial charge >= 0.3 is 0 Å². The van der Waals surface area contributed by atoms with Crippen LogP contribution >= 0.6 is 11.6 Å². The van der Waals surface area contributed by atoms with E-state index in [1.165, 1.54) is 0 Å². The fourth-order valence-electron chi connectivity index (χ4n) is 4.26. The lowest BCUT2D eigenvalue weighted by molar-refractivity contribution is -0.135. The van der Waals surface area contributed by atoms with Crippen molar-refractivity contribution in [2.24, 2.45) is 22.6 Å². The maximum Gasteiger partial charge on any atom is 0.233 e. The Kier molecular flexibility index (Phi) is 4.95. The second-order valence-corrected chi connectivity index (χ2v) is 7.75. The van der Waals surface area contributed by atoms with Crippen molar-refractivity contribution >= 4 is 23.8 Å². The van der Waals surface area contributed by atoms with Crippen LogP contribution in [0.25, 0.3) is 0 Å². The molecule has 0 spiro atoms. The summed E-state index contributed by atoms with van der Waals surface area (Å²) in [5.41, 5.74) is 6.00. The first-order chi connectivity index (χ1) is 10.9. The lowest BCUT2D eigenvalue weighted by Crippen LogP contribution is -2.61. The van der Waals surface area contributed by atoms with Crippen LogP contribution in [-0.2, 0) is 4.79 Å². The molecule has 1 aliphatic heterocycles. The molecule has 3 N–H and O–H groups in total. The van der Waals surface area contributed by atoms with E-state index in [2.05, 4.69) is 17.2 Å². The van der Waals surface area contributed by atoms with Gasteiger partial charge in [0.05, 0.1) is 29.7 Å². The molecular weight excluding hydrogens is 319 g/mol. The number of nitrogens with two attached hydrogens (primary N) is 1. The molecule has 0 radical (unpaired) electrons. The summed E-state index contributed by atoms with van der Waals surface area (Å²) in [5, 5.41) is 2.99.